The predicted octanol–water partition coefficient (Wildman–Crippen LogP) is 2.89. The van der Waals surface area contributed by atoms with Crippen LogP contribution in [0.15, 0.2) is 0 Å². The quantitative estimate of drug-likeness (QED) is 0.716. The summed E-state index contributed by atoms with van der Waals surface area (Å²) in [5, 5.41) is 3.29. The Hall–Kier alpha value is -0.290. The number of hydrogen-bond acceptors (Lipinski definition) is 2. The summed E-state index contributed by atoms with van der Waals surface area (Å²) >= 11 is 0. The van der Waals surface area contributed by atoms with Crippen molar-refractivity contribution in [2.45, 2.75) is 45.8 Å². The van der Waals surface area contributed by atoms with Gasteiger partial charge in [-0.2, -0.15) is 13.2 Å². The highest BCUT2D eigenvalue weighted by Gasteiger charge is 2.28. The second-order valence-electron chi connectivity index (χ2n) is 4.96. The number of likely N-dealkylation sites (N-methyl/N-ethyl adjacent to an activating group) is 1. The van der Waals surface area contributed by atoms with E-state index in [0.29, 0.717) is 5.92 Å². The number of nitrogens with zero attached hydrogens (tertiary/aromatic N) is 1. The first-order valence-electron chi connectivity index (χ1n) is 6.24. The summed E-state index contributed by atoms with van der Waals surface area (Å²) in [5.74, 6) is 0.563. The van der Waals surface area contributed by atoms with Gasteiger partial charge >= 0.3 is 6.18 Å². The molecule has 0 aromatic rings. The molecule has 0 aliphatic rings. The lowest BCUT2D eigenvalue weighted by atomic mass is 10.1. The van der Waals surface area contributed by atoms with Crippen molar-refractivity contribution < 1.29 is 13.2 Å². The molecule has 0 bridgehead atoms. The summed E-state index contributed by atoms with van der Waals surface area (Å²) in [5.41, 5.74) is 0. The molecule has 0 aromatic heterocycles. The van der Waals surface area contributed by atoms with Crippen molar-refractivity contribution in [3.05, 3.63) is 0 Å². The van der Waals surface area contributed by atoms with Crippen LogP contribution >= 0.6 is 0 Å². The highest BCUT2D eigenvalue weighted by atomic mass is 19.4. The highest BCUT2D eigenvalue weighted by Crippen LogP contribution is 2.20. The normalized spacial score (nSPS) is 14.6. The first kappa shape index (κ1) is 16.7. The Morgan fingerprint density at radius 3 is 2.18 bits per heavy atom. The maximum Gasteiger partial charge on any atom is 0.390 e. The van der Waals surface area contributed by atoms with E-state index in [1.807, 2.05) is 6.92 Å². The molecule has 5 heteroatoms. The largest absolute Gasteiger partial charge is 0.390 e. The molecule has 0 fully saturated rings. The van der Waals surface area contributed by atoms with Crippen LogP contribution in [-0.2, 0) is 0 Å². The molecular weight excluding hydrogens is 229 g/mol. The lowest BCUT2D eigenvalue weighted by Crippen LogP contribution is -2.41. The standard InChI is InChI=1S/C12H25F3N2/c1-5-11(9-16-8-10(2)3)17(4)7-6-12(13,14)15/h10-11,16H,5-9H2,1-4H3. The number of alkyl halides is 3. The molecule has 2 nitrogen and oxygen atoms in total. The second-order valence-corrected chi connectivity index (χ2v) is 4.96. The van der Waals surface area contributed by atoms with E-state index in [0.717, 1.165) is 19.5 Å². The third-order valence-corrected chi connectivity index (χ3v) is 2.78. The summed E-state index contributed by atoms with van der Waals surface area (Å²) in [7, 11) is 1.76. The van der Waals surface area contributed by atoms with Crippen LogP contribution in [0, 0.1) is 5.92 Å². The molecule has 1 atom stereocenters. The monoisotopic (exact) mass is 254 g/mol. The minimum Gasteiger partial charge on any atom is -0.315 e. The Bertz CT molecular complexity index is 193. The van der Waals surface area contributed by atoms with Gasteiger partial charge in [0.15, 0.2) is 0 Å². The fourth-order valence-corrected chi connectivity index (χ4v) is 1.64. The topological polar surface area (TPSA) is 15.3 Å². The molecule has 0 spiro atoms. The molecule has 17 heavy (non-hydrogen) atoms. The van der Waals surface area contributed by atoms with Gasteiger partial charge in [-0.3, -0.25) is 0 Å². The van der Waals surface area contributed by atoms with Gasteiger partial charge in [0.25, 0.3) is 0 Å². The molecule has 0 rings (SSSR count). The first-order chi connectivity index (χ1) is 7.76. The zero-order valence-electron chi connectivity index (χ0n) is 11.3. The van der Waals surface area contributed by atoms with E-state index in [1.54, 1.807) is 11.9 Å². The van der Waals surface area contributed by atoms with E-state index in [1.165, 1.54) is 0 Å². The van der Waals surface area contributed by atoms with Crippen molar-refractivity contribution in [3.63, 3.8) is 0 Å². The minimum absolute atomic E-state index is 0.0748. The van der Waals surface area contributed by atoms with E-state index in [4.69, 9.17) is 0 Å². The molecule has 0 aromatic carbocycles. The predicted molar refractivity (Wildman–Crippen MR) is 65.1 cm³/mol. The minimum atomic E-state index is -4.06. The smallest absolute Gasteiger partial charge is 0.315 e. The second kappa shape index (κ2) is 7.93. The lowest BCUT2D eigenvalue weighted by molar-refractivity contribution is -0.138. The molecule has 0 radical (unpaired) electrons. The van der Waals surface area contributed by atoms with Gasteiger partial charge in [-0.1, -0.05) is 20.8 Å². The molecular formula is C12H25F3N2. The van der Waals surface area contributed by atoms with Crippen molar-refractivity contribution >= 4 is 0 Å². The van der Waals surface area contributed by atoms with Crippen molar-refractivity contribution in [3.8, 4) is 0 Å². The average Bonchev–Trinajstić information content (AvgIpc) is 2.19. The number of nitrogens with one attached hydrogen (secondary N) is 1. The Balaban J connectivity index is 3.91. The van der Waals surface area contributed by atoms with Crippen LogP contribution in [0.2, 0.25) is 0 Å². The maximum absolute atomic E-state index is 12.1. The van der Waals surface area contributed by atoms with Crippen LogP contribution in [0.4, 0.5) is 13.2 Å². The molecule has 0 saturated heterocycles. The van der Waals surface area contributed by atoms with E-state index in [9.17, 15) is 13.2 Å². The van der Waals surface area contributed by atoms with Crippen LogP contribution in [0.25, 0.3) is 0 Å². The Morgan fingerprint density at radius 1 is 1.18 bits per heavy atom. The molecule has 1 N–H and O–H groups in total. The van der Waals surface area contributed by atoms with Gasteiger partial charge in [0, 0.05) is 19.1 Å². The molecule has 104 valence electrons. The van der Waals surface area contributed by atoms with Crippen LogP contribution in [-0.4, -0.2) is 43.8 Å². The van der Waals surface area contributed by atoms with Gasteiger partial charge in [0.1, 0.15) is 0 Å². The Labute approximate surface area is 103 Å². The van der Waals surface area contributed by atoms with Crippen molar-refractivity contribution in [2.24, 2.45) is 5.92 Å². The van der Waals surface area contributed by atoms with Crippen LogP contribution < -0.4 is 5.32 Å². The van der Waals surface area contributed by atoms with Gasteiger partial charge in [0.05, 0.1) is 6.42 Å². The lowest BCUT2D eigenvalue weighted by Gasteiger charge is -2.28. The van der Waals surface area contributed by atoms with Crippen molar-refractivity contribution in [1.82, 2.24) is 10.2 Å². The number of halogens is 3. The van der Waals surface area contributed by atoms with E-state index in [-0.39, 0.29) is 12.6 Å². The summed E-state index contributed by atoms with van der Waals surface area (Å²) in [6.07, 6.45) is -3.93. The molecule has 0 aliphatic heterocycles. The van der Waals surface area contributed by atoms with Crippen LogP contribution in [0.1, 0.15) is 33.6 Å². The van der Waals surface area contributed by atoms with Crippen LogP contribution in [0.3, 0.4) is 0 Å². The average molecular weight is 254 g/mol. The van der Waals surface area contributed by atoms with E-state index >= 15 is 0 Å². The van der Waals surface area contributed by atoms with E-state index in [2.05, 4.69) is 19.2 Å². The van der Waals surface area contributed by atoms with Crippen molar-refractivity contribution in [2.75, 3.05) is 26.7 Å². The van der Waals surface area contributed by atoms with Gasteiger partial charge in [-0.15, -0.1) is 0 Å². The zero-order chi connectivity index (χ0) is 13.5. The van der Waals surface area contributed by atoms with Crippen LogP contribution in [0.5, 0.6) is 0 Å². The number of rotatable bonds is 8. The molecule has 1 unspecified atom stereocenters. The molecule has 0 amide bonds. The van der Waals surface area contributed by atoms with E-state index < -0.39 is 12.6 Å². The Kier molecular flexibility index (Phi) is 7.79. The van der Waals surface area contributed by atoms with Crippen molar-refractivity contribution in [1.29, 1.82) is 0 Å². The van der Waals surface area contributed by atoms with Gasteiger partial charge in [-0.25, -0.2) is 0 Å². The first-order valence-corrected chi connectivity index (χ1v) is 6.24. The summed E-state index contributed by atoms with van der Waals surface area (Å²) in [6.45, 7) is 7.96. The molecule has 0 aliphatic carbocycles. The third-order valence-electron chi connectivity index (χ3n) is 2.78. The Morgan fingerprint density at radius 2 is 1.76 bits per heavy atom. The SMILES string of the molecule is CCC(CNCC(C)C)N(C)CCC(F)(F)F. The summed E-state index contributed by atoms with van der Waals surface area (Å²) < 4.78 is 36.3. The maximum atomic E-state index is 12.1. The summed E-state index contributed by atoms with van der Waals surface area (Å²) in [4.78, 5) is 1.79. The highest BCUT2D eigenvalue weighted by molar-refractivity contribution is 4.71. The zero-order valence-corrected chi connectivity index (χ0v) is 11.3. The third kappa shape index (κ3) is 9.41. The fourth-order valence-electron chi connectivity index (χ4n) is 1.64. The van der Waals surface area contributed by atoms with Gasteiger partial charge < -0.3 is 10.2 Å². The van der Waals surface area contributed by atoms with Gasteiger partial charge in [-0.05, 0) is 25.9 Å². The molecule has 0 saturated carbocycles. The number of hydrogen-bond donors (Lipinski definition) is 1. The van der Waals surface area contributed by atoms with Gasteiger partial charge in [0.2, 0.25) is 0 Å². The summed E-state index contributed by atoms with van der Waals surface area (Å²) in [6, 6.07) is 0.177. The fraction of sp³-hybridized carbons (Fsp3) is 1.00. The molecule has 0 heterocycles.